The van der Waals surface area contributed by atoms with Crippen LogP contribution in [0.3, 0.4) is 0 Å². The average Bonchev–Trinajstić information content (AvgIpc) is 3.05. The van der Waals surface area contributed by atoms with Gasteiger partial charge in [-0.25, -0.2) is 0 Å². The third kappa shape index (κ3) is 2.20. The Hall–Kier alpha value is -1.62. The molecule has 0 bridgehead atoms. The van der Waals surface area contributed by atoms with Crippen molar-refractivity contribution >= 4 is 17.2 Å². The normalized spacial score (nSPS) is 21.4. The minimum absolute atomic E-state index is 0.00866. The summed E-state index contributed by atoms with van der Waals surface area (Å²) < 4.78 is 5.33. The molecule has 1 fully saturated rings. The highest BCUT2D eigenvalue weighted by molar-refractivity contribution is 7.10. The maximum atomic E-state index is 12.8. The number of fused-ring (bicyclic) bond motifs is 1. The van der Waals surface area contributed by atoms with Gasteiger partial charge in [0.2, 0.25) is 0 Å². The molecule has 3 heterocycles. The summed E-state index contributed by atoms with van der Waals surface area (Å²) in [6.45, 7) is 2.91. The van der Waals surface area contributed by atoms with Gasteiger partial charge in [0.1, 0.15) is 5.76 Å². The summed E-state index contributed by atoms with van der Waals surface area (Å²) in [6.07, 6.45) is 4.19. The second-order valence-corrected chi connectivity index (χ2v) is 6.86. The quantitative estimate of drug-likeness (QED) is 0.867. The van der Waals surface area contributed by atoms with Crippen molar-refractivity contribution in [3.05, 3.63) is 39.4 Å². The number of nitrogens with zero attached hydrogens (tertiary/aromatic N) is 2. The number of carbonyl (C=O) groups excluding carboxylic acids is 1. The van der Waals surface area contributed by atoms with E-state index in [1.54, 1.807) is 11.3 Å². The van der Waals surface area contributed by atoms with Crippen LogP contribution in [-0.4, -0.2) is 22.5 Å². The zero-order valence-corrected chi connectivity index (χ0v) is 12.9. The number of hydrogen-bond donors (Lipinski definition) is 0. The molecule has 1 saturated carbocycles. The van der Waals surface area contributed by atoms with Gasteiger partial charge in [0.25, 0.3) is 5.91 Å². The van der Waals surface area contributed by atoms with E-state index in [1.807, 2.05) is 11.0 Å². The molecule has 1 aliphatic heterocycles. The molecular weight excluding hydrogens is 284 g/mol. The number of rotatable bonds is 3. The zero-order chi connectivity index (χ0) is 14.4. The van der Waals surface area contributed by atoms with Crippen LogP contribution in [0.25, 0.3) is 0 Å². The van der Waals surface area contributed by atoms with Gasteiger partial charge in [-0.1, -0.05) is 12.1 Å². The summed E-state index contributed by atoms with van der Waals surface area (Å²) in [7, 11) is 0. The van der Waals surface area contributed by atoms with Gasteiger partial charge in [-0.05, 0) is 42.7 Å². The van der Waals surface area contributed by atoms with Gasteiger partial charge in [-0.15, -0.1) is 11.3 Å². The number of amides is 1. The molecule has 2 aliphatic rings. The van der Waals surface area contributed by atoms with E-state index in [1.165, 1.54) is 10.4 Å². The monoisotopic (exact) mass is 302 g/mol. The van der Waals surface area contributed by atoms with Crippen LogP contribution in [0.2, 0.25) is 0 Å². The topological polar surface area (TPSA) is 46.3 Å². The molecule has 5 heteroatoms. The first-order valence-corrected chi connectivity index (χ1v) is 8.49. The van der Waals surface area contributed by atoms with E-state index >= 15 is 0 Å². The Morgan fingerprint density at radius 1 is 1.52 bits per heavy atom. The Morgan fingerprint density at radius 2 is 2.38 bits per heavy atom. The number of thiophene rings is 1. The lowest BCUT2D eigenvalue weighted by Gasteiger charge is -2.34. The van der Waals surface area contributed by atoms with Gasteiger partial charge in [-0.2, -0.15) is 0 Å². The molecule has 4 rings (SSSR count). The van der Waals surface area contributed by atoms with Crippen molar-refractivity contribution in [1.29, 1.82) is 0 Å². The lowest BCUT2D eigenvalue weighted by molar-refractivity contribution is 0.0646. The van der Waals surface area contributed by atoms with Crippen LogP contribution in [0.15, 0.2) is 22.0 Å². The van der Waals surface area contributed by atoms with E-state index in [9.17, 15) is 4.79 Å². The maximum Gasteiger partial charge on any atom is 0.276 e. The molecule has 0 saturated heterocycles. The van der Waals surface area contributed by atoms with E-state index < -0.39 is 0 Å². The standard InChI is InChI=1S/C16H18N2O2S/c1-2-13-11-6-8-21-15(11)5-7-18(13)16(19)12-9-14(20-17-12)10-3-4-10/h6,8-10,13H,2-5,7H2,1H3/t13-/m1/s1. The maximum absolute atomic E-state index is 12.8. The highest BCUT2D eigenvalue weighted by atomic mass is 32.1. The fourth-order valence-corrected chi connectivity index (χ4v) is 4.11. The summed E-state index contributed by atoms with van der Waals surface area (Å²) in [4.78, 5) is 16.1. The van der Waals surface area contributed by atoms with Crippen LogP contribution >= 0.6 is 11.3 Å². The first-order valence-electron chi connectivity index (χ1n) is 7.61. The van der Waals surface area contributed by atoms with E-state index in [4.69, 9.17) is 4.52 Å². The van der Waals surface area contributed by atoms with E-state index in [0.717, 1.165) is 38.0 Å². The predicted octanol–water partition coefficient (Wildman–Crippen LogP) is 3.76. The van der Waals surface area contributed by atoms with Crippen molar-refractivity contribution in [3.8, 4) is 0 Å². The first kappa shape index (κ1) is 13.1. The molecule has 21 heavy (non-hydrogen) atoms. The van der Waals surface area contributed by atoms with E-state index in [-0.39, 0.29) is 11.9 Å². The molecule has 0 aromatic carbocycles. The Morgan fingerprint density at radius 3 is 3.14 bits per heavy atom. The van der Waals surface area contributed by atoms with Crippen molar-refractivity contribution in [2.75, 3.05) is 6.54 Å². The summed E-state index contributed by atoms with van der Waals surface area (Å²) in [6, 6.07) is 4.18. The number of aromatic nitrogens is 1. The smallest absolute Gasteiger partial charge is 0.276 e. The van der Waals surface area contributed by atoms with E-state index in [0.29, 0.717) is 11.6 Å². The minimum Gasteiger partial charge on any atom is -0.360 e. The minimum atomic E-state index is 0.00866. The van der Waals surface area contributed by atoms with Crippen LogP contribution in [0, 0.1) is 0 Å². The van der Waals surface area contributed by atoms with Crippen LogP contribution in [0.1, 0.15) is 64.8 Å². The van der Waals surface area contributed by atoms with Crippen LogP contribution < -0.4 is 0 Å². The van der Waals surface area contributed by atoms with Crippen molar-refractivity contribution < 1.29 is 9.32 Å². The summed E-state index contributed by atoms with van der Waals surface area (Å²) in [5, 5.41) is 6.13. The predicted molar refractivity (Wildman–Crippen MR) is 80.6 cm³/mol. The second-order valence-electron chi connectivity index (χ2n) is 5.86. The zero-order valence-electron chi connectivity index (χ0n) is 12.0. The van der Waals surface area contributed by atoms with Crippen LogP contribution in [0.5, 0.6) is 0 Å². The summed E-state index contributed by atoms with van der Waals surface area (Å²) >= 11 is 1.80. The van der Waals surface area contributed by atoms with Crippen molar-refractivity contribution in [1.82, 2.24) is 10.1 Å². The fourth-order valence-electron chi connectivity index (χ4n) is 3.18. The SMILES string of the molecule is CC[C@@H]1c2ccsc2CCN1C(=O)c1cc(C2CC2)on1. The summed E-state index contributed by atoms with van der Waals surface area (Å²) in [5.41, 5.74) is 1.78. The summed E-state index contributed by atoms with van der Waals surface area (Å²) in [5.74, 6) is 1.37. The van der Waals surface area contributed by atoms with Crippen molar-refractivity contribution in [3.63, 3.8) is 0 Å². The molecule has 0 radical (unpaired) electrons. The molecule has 1 aliphatic carbocycles. The lowest BCUT2D eigenvalue weighted by Crippen LogP contribution is -2.39. The van der Waals surface area contributed by atoms with Crippen molar-refractivity contribution in [2.45, 2.75) is 44.6 Å². The lowest BCUT2D eigenvalue weighted by atomic mass is 9.97. The Bertz CT molecular complexity index is 671. The molecule has 110 valence electrons. The Balaban J connectivity index is 1.61. The van der Waals surface area contributed by atoms with Gasteiger partial charge in [-0.3, -0.25) is 4.79 Å². The van der Waals surface area contributed by atoms with Crippen LogP contribution in [-0.2, 0) is 6.42 Å². The second kappa shape index (κ2) is 4.98. The van der Waals surface area contributed by atoms with Gasteiger partial charge < -0.3 is 9.42 Å². The molecule has 1 amide bonds. The fraction of sp³-hybridized carbons (Fsp3) is 0.500. The first-order chi connectivity index (χ1) is 10.3. The molecular formula is C16H18N2O2S. The van der Waals surface area contributed by atoms with Gasteiger partial charge in [0, 0.05) is 23.4 Å². The molecule has 1 atom stereocenters. The largest absolute Gasteiger partial charge is 0.360 e. The molecule has 0 spiro atoms. The highest BCUT2D eigenvalue weighted by Crippen LogP contribution is 2.41. The Labute approximate surface area is 127 Å². The van der Waals surface area contributed by atoms with Gasteiger partial charge >= 0.3 is 0 Å². The third-order valence-corrected chi connectivity index (χ3v) is 5.47. The number of carbonyl (C=O) groups is 1. The molecule has 2 aromatic rings. The van der Waals surface area contributed by atoms with Gasteiger partial charge in [0.15, 0.2) is 5.69 Å². The molecule has 0 N–H and O–H groups in total. The van der Waals surface area contributed by atoms with Gasteiger partial charge in [0.05, 0.1) is 6.04 Å². The van der Waals surface area contributed by atoms with Crippen LogP contribution in [0.4, 0.5) is 0 Å². The van der Waals surface area contributed by atoms with E-state index in [2.05, 4.69) is 23.5 Å². The average molecular weight is 302 g/mol. The van der Waals surface area contributed by atoms with Crippen molar-refractivity contribution in [2.24, 2.45) is 0 Å². The molecule has 4 nitrogen and oxygen atoms in total. The third-order valence-electron chi connectivity index (χ3n) is 4.47. The molecule has 0 unspecified atom stereocenters. The number of hydrogen-bond acceptors (Lipinski definition) is 4. The highest BCUT2D eigenvalue weighted by Gasteiger charge is 2.34. The Kier molecular flexibility index (Phi) is 3.10. The molecule has 2 aromatic heterocycles.